The van der Waals surface area contributed by atoms with Crippen molar-refractivity contribution < 1.29 is 19.0 Å². The van der Waals surface area contributed by atoms with Gasteiger partial charge in [0.2, 0.25) is 0 Å². The number of halogens is 1. The van der Waals surface area contributed by atoms with Gasteiger partial charge in [-0.05, 0) is 60.2 Å². The smallest absolute Gasteiger partial charge is 0.270 e. The van der Waals surface area contributed by atoms with Crippen LogP contribution in [0.25, 0.3) is 6.08 Å². The molecule has 0 saturated carbocycles. The summed E-state index contributed by atoms with van der Waals surface area (Å²) in [7, 11) is 1.60. The van der Waals surface area contributed by atoms with E-state index in [9.17, 15) is 4.79 Å². The lowest BCUT2D eigenvalue weighted by Gasteiger charge is -2.14. The predicted molar refractivity (Wildman–Crippen MR) is 138 cm³/mol. The predicted octanol–water partition coefficient (Wildman–Crippen LogP) is 6.21. The van der Waals surface area contributed by atoms with Gasteiger partial charge in [-0.2, -0.15) is 0 Å². The zero-order chi connectivity index (χ0) is 23.2. The van der Waals surface area contributed by atoms with Crippen molar-refractivity contribution in [3.8, 4) is 17.2 Å². The molecule has 1 heterocycles. The van der Waals surface area contributed by atoms with Crippen LogP contribution in [0.5, 0.6) is 17.2 Å². The maximum atomic E-state index is 13.0. The van der Waals surface area contributed by atoms with Gasteiger partial charge in [0.15, 0.2) is 4.32 Å². The molecule has 0 aliphatic carbocycles. The molecule has 5 nitrogen and oxygen atoms in total. The molecular weight excluding hydrogens is 478 g/mol. The van der Waals surface area contributed by atoms with Crippen LogP contribution in [0.15, 0.2) is 77.7 Å². The molecule has 1 amide bonds. The van der Waals surface area contributed by atoms with Crippen LogP contribution >= 0.6 is 35.6 Å². The molecule has 1 saturated heterocycles. The lowest BCUT2D eigenvalue weighted by Crippen LogP contribution is -2.27. The molecule has 0 radical (unpaired) electrons. The average molecular weight is 498 g/mol. The Balaban J connectivity index is 1.39. The third-order valence-electron chi connectivity index (χ3n) is 4.73. The Hall–Kier alpha value is -3.00. The standard InChI is InChI=1S/C25H20ClNO4S2/c1-29-19-11-9-18(10-12-19)27-24(28)23(33-25(27)32)16-17-5-4-6-20(15-17)30-13-14-31-22-8-3-2-7-21(22)26/h2-12,15-16H,13-14H2,1H3/b23-16-. The second-order valence-corrected chi connectivity index (χ2v) is 9.00. The van der Waals surface area contributed by atoms with Gasteiger partial charge in [-0.1, -0.05) is 59.8 Å². The Morgan fingerprint density at radius 2 is 1.73 bits per heavy atom. The van der Waals surface area contributed by atoms with E-state index >= 15 is 0 Å². The molecule has 0 bridgehead atoms. The highest BCUT2D eigenvalue weighted by Crippen LogP contribution is 2.36. The Kier molecular flexibility index (Phi) is 7.54. The van der Waals surface area contributed by atoms with Crippen molar-refractivity contribution in [3.63, 3.8) is 0 Å². The summed E-state index contributed by atoms with van der Waals surface area (Å²) in [4.78, 5) is 15.1. The van der Waals surface area contributed by atoms with Crippen LogP contribution < -0.4 is 19.1 Å². The third-order valence-corrected chi connectivity index (χ3v) is 6.34. The van der Waals surface area contributed by atoms with Crippen LogP contribution in [0, 0.1) is 0 Å². The summed E-state index contributed by atoms with van der Waals surface area (Å²) in [6.45, 7) is 0.711. The number of nitrogens with zero attached hydrogens (tertiary/aromatic N) is 1. The third kappa shape index (κ3) is 5.68. The van der Waals surface area contributed by atoms with E-state index in [1.807, 2.05) is 60.7 Å². The van der Waals surface area contributed by atoms with Gasteiger partial charge in [0, 0.05) is 0 Å². The van der Waals surface area contributed by atoms with E-state index in [0.717, 1.165) is 5.56 Å². The van der Waals surface area contributed by atoms with Gasteiger partial charge in [-0.15, -0.1) is 0 Å². The van der Waals surface area contributed by atoms with Crippen LogP contribution in [0.2, 0.25) is 5.02 Å². The molecule has 0 aromatic heterocycles. The summed E-state index contributed by atoms with van der Waals surface area (Å²) in [5.41, 5.74) is 1.55. The van der Waals surface area contributed by atoms with Crippen LogP contribution in [0.1, 0.15) is 5.56 Å². The van der Waals surface area contributed by atoms with Crippen molar-refractivity contribution in [1.82, 2.24) is 0 Å². The fraction of sp³-hybridized carbons (Fsp3) is 0.120. The summed E-state index contributed by atoms with van der Waals surface area (Å²) < 4.78 is 17.1. The van der Waals surface area contributed by atoms with E-state index in [2.05, 4.69) is 0 Å². The number of amides is 1. The van der Waals surface area contributed by atoms with Gasteiger partial charge in [-0.25, -0.2) is 0 Å². The van der Waals surface area contributed by atoms with Crippen LogP contribution in [0.4, 0.5) is 5.69 Å². The van der Waals surface area contributed by atoms with Crippen LogP contribution in [-0.2, 0) is 4.79 Å². The van der Waals surface area contributed by atoms with E-state index in [-0.39, 0.29) is 5.91 Å². The molecule has 8 heteroatoms. The van der Waals surface area contributed by atoms with Crippen molar-refractivity contribution in [2.75, 3.05) is 25.2 Å². The van der Waals surface area contributed by atoms with E-state index in [0.29, 0.717) is 50.4 Å². The van der Waals surface area contributed by atoms with E-state index in [1.165, 1.54) is 16.7 Å². The number of methoxy groups -OCH3 is 1. The average Bonchev–Trinajstić information content (AvgIpc) is 3.10. The fourth-order valence-electron chi connectivity index (χ4n) is 3.14. The zero-order valence-electron chi connectivity index (χ0n) is 17.7. The summed E-state index contributed by atoms with van der Waals surface area (Å²) >= 11 is 12.8. The summed E-state index contributed by atoms with van der Waals surface area (Å²) in [6.07, 6.45) is 1.82. The number of ether oxygens (including phenoxy) is 3. The van der Waals surface area contributed by atoms with Gasteiger partial charge in [0.1, 0.15) is 30.5 Å². The van der Waals surface area contributed by atoms with Crippen molar-refractivity contribution in [1.29, 1.82) is 0 Å². The van der Waals surface area contributed by atoms with Gasteiger partial charge in [0.05, 0.1) is 22.7 Å². The quantitative estimate of drug-likeness (QED) is 0.209. The highest BCUT2D eigenvalue weighted by atomic mass is 35.5. The van der Waals surface area contributed by atoms with E-state index < -0.39 is 0 Å². The number of benzene rings is 3. The zero-order valence-corrected chi connectivity index (χ0v) is 20.1. The van der Waals surface area contributed by atoms with Crippen molar-refractivity contribution in [2.45, 2.75) is 0 Å². The first-order chi connectivity index (χ1) is 16.0. The number of hydrogen-bond acceptors (Lipinski definition) is 6. The highest BCUT2D eigenvalue weighted by molar-refractivity contribution is 8.27. The second-order valence-electron chi connectivity index (χ2n) is 6.91. The number of thioether (sulfide) groups is 1. The van der Waals surface area contributed by atoms with Crippen molar-refractivity contribution >= 4 is 57.6 Å². The molecule has 168 valence electrons. The first-order valence-electron chi connectivity index (χ1n) is 10.1. The van der Waals surface area contributed by atoms with Crippen LogP contribution in [-0.4, -0.2) is 30.6 Å². The van der Waals surface area contributed by atoms with Crippen molar-refractivity contribution in [2.24, 2.45) is 0 Å². The SMILES string of the molecule is COc1ccc(N2C(=O)/C(=C/c3cccc(OCCOc4ccccc4Cl)c3)SC2=S)cc1. The fourth-order valence-corrected chi connectivity index (χ4v) is 4.63. The Morgan fingerprint density at radius 1 is 0.970 bits per heavy atom. The van der Waals surface area contributed by atoms with Gasteiger partial charge >= 0.3 is 0 Å². The van der Waals surface area contributed by atoms with Crippen LogP contribution in [0.3, 0.4) is 0 Å². The number of carbonyl (C=O) groups is 1. The van der Waals surface area contributed by atoms with Crippen molar-refractivity contribution in [3.05, 3.63) is 88.3 Å². The molecule has 1 fully saturated rings. The lowest BCUT2D eigenvalue weighted by atomic mass is 10.2. The normalized spacial score (nSPS) is 14.6. The molecule has 1 aliphatic rings. The molecule has 0 unspecified atom stereocenters. The molecule has 0 spiro atoms. The molecule has 3 aromatic rings. The lowest BCUT2D eigenvalue weighted by molar-refractivity contribution is -0.113. The molecule has 1 aliphatic heterocycles. The Labute approximate surface area is 206 Å². The monoisotopic (exact) mass is 497 g/mol. The van der Waals surface area contributed by atoms with Gasteiger partial charge in [-0.3, -0.25) is 9.69 Å². The maximum absolute atomic E-state index is 13.0. The molecule has 4 rings (SSSR count). The first kappa shape index (κ1) is 23.2. The molecule has 33 heavy (non-hydrogen) atoms. The summed E-state index contributed by atoms with van der Waals surface area (Å²) in [5.74, 6) is 1.86. The highest BCUT2D eigenvalue weighted by Gasteiger charge is 2.33. The molecule has 3 aromatic carbocycles. The number of rotatable bonds is 8. The minimum atomic E-state index is -0.158. The minimum Gasteiger partial charge on any atom is -0.497 e. The summed E-state index contributed by atoms with van der Waals surface area (Å²) in [6, 6.07) is 22.0. The molecule has 0 N–H and O–H groups in total. The topological polar surface area (TPSA) is 48.0 Å². The van der Waals surface area contributed by atoms with Gasteiger partial charge < -0.3 is 14.2 Å². The second kappa shape index (κ2) is 10.7. The number of carbonyl (C=O) groups excluding carboxylic acids is 1. The Bertz CT molecular complexity index is 1200. The number of hydrogen-bond donors (Lipinski definition) is 0. The Morgan fingerprint density at radius 3 is 2.48 bits per heavy atom. The van der Waals surface area contributed by atoms with Gasteiger partial charge in [0.25, 0.3) is 5.91 Å². The number of anilines is 1. The van der Waals surface area contributed by atoms with E-state index in [1.54, 1.807) is 25.3 Å². The largest absolute Gasteiger partial charge is 0.497 e. The number of thiocarbonyl (C=S) groups is 1. The minimum absolute atomic E-state index is 0.158. The maximum Gasteiger partial charge on any atom is 0.270 e. The van der Waals surface area contributed by atoms with E-state index in [4.69, 9.17) is 38.0 Å². The number of para-hydroxylation sites is 1. The first-order valence-corrected chi connectivity index (χ1v) is 11.7. The summed E-state index contributed by atoms with van der Waals surface area (Å²) in [5, 5.41) is 0.562. The molecular formula is C25H20ClNO4S2. The molecule has 0 atom stereocenters.